The quantitative estimate of drug-likeness (QED) is 0.398. The van der Waals surface area contributed by atoms with Crippen LogP contribution in [0.2, 0.25) is 0 Å². The molecule has 3 rings (SSSR count). The second-order valence-corrected chi connectivity index (χ2v) is 8.33. The molecule has 1 heterocycles. The second-order valence-electron chi connectivity index (χ2n) is 7.39. The molecule has 0 spiro atoms. The zero-order chi connectivity index (χ0) is 23.1. The van der Waals surface area contributed by atoms with E-state index in [2.05, 4.69) is 32.5 Å². The van der Waals surface area contributed by atoms with Crippen molar-refractivity contribution in [1.29, 1.82) is 0 Å². The Hall–Kier alpha value is -2.94. The average Bonchev–Trinajstić information content (AvgIpc) is 3.16. The van der Waals surface area contributed by atoms with E-state index in [1.807, 2.05) is 25.1 Å². The Morgan fingerprint density at radius 3 is 2.59 bits per heavy atom. The highest BCUT2D eigenvalue weighted by Gasteiger charge is 2.17. The summed E-state index contributed by atoms with van der Waals surface area (Å²) in [7, 11) is 1.71. The number of thioether (sulfide) groups is 1. The van der Waals surface area contributed by atoms with E-state index in [0.717, 1.165) is 35.5 Å². The van der Waals surface area contributed by atoms with Crippen LogP contribution >= 0.6 is 11.8 Å². The first-order chi connectivity index (χ1) is 15.4. The van der Waals surface area contributed by atoms with Gasteiger partial charge in [-0.25, -0.2) is 0 Å². The standard InChI is InChI=1S/C23H26F2N4O2S/c1-4-12-29-21(18-7-5-6-16(2)13-18)26-27-23(29)32-15-20(30)28(3)14-17-8-10-19(11-9-17)31-22(24)25/h5-11,13,22H,4,12,14-15H2,1-3H3. The number of carbonyl (C=O) groups is 1. The molecule has 0 radical (unpaired) electrons. The first-order valence-electron chi connectivity index (χ1n) is 10.3. The van der Waals surface area contributed by atoms with E-state index in [9.17, 15) is 13.6 Å². The maximum atomic E-state index is 12.6. The van der Waals surface area contributed by atoms with Gasteiger partial charge in [-0.3, -0.25) is 4.79 Å². The van der Waals surface area contributed by atoms with Crippen molar-refractivity contribution >= 4 is 17.7 Å². The molecular formula is C23H26F2N4O2S. The predicted octanol–water partition coefficient (Wildman–Crippen LogP) is 5.02. The highest BCUT2D eigenvalue weighted by atomic mass is 32.2. The molecule has 0 N–H and O–H groups in total. The molecule has 32 heavy (non-hydrogen) atoms. The fraction of sp³-hybridized carbons (Fsp3) is 0.348. The van der Waals surface area contributed by atoms with Crippen molar-refractivity contribution in [1.82, 2.24) is 19.7 Å². The molecule has 0 atom stereocenters. The molecule has 0 saturated heterocycles. The van der Waals surface area contributed by atoms with E-state index in [1.54, 1.807) is 24.1 Å². The second kappa shape index (κ2) is 11.1. The zero-order valence-electron chi connectivity index (χ0n) is 18.3. The number of nitrogens with zero attached hydrogens (tertiary/aromatic N) is 4. The highest BCUT2D eigenvalue weighted by Crippen LogP contribution is 2.25. The lowest BCUT2D eigenvalue weighted by Gasteiger charge is -2.17. The summed E-state index contributed by atoms with van der Waals surface area (Å²) >= 11 is 1.36. The van der Waals surface area contributed by atoms with Crippen molar-refractivity contribution in [2.45, 2.75) is 45.1 Å². The van der Waals surface area contributed by atoms with Crippen molar-refractivity contribution in [3.8, 4) is 17.1 Å². The Bertz CT molecular complexity index is 1040. The van der Waals surface area contributed by atoms with Gasteiger partial charge in [0.1, 0.15) is 5.75 Å². The minimum atomic E-state index is -2.86. The number of benzene rings is 2. The van der Waals surface area contributed by atoms with E-state index in [1.165, 1.54) is 23.9 Å². The van der Waals surface area contributed by atoms with Gasteiger partial charge < -0.3 is 14.2 Å². The SMILES string of the molecule is CCCn1c(SCC(=O)N(C)Cc2ccc(OC(F)F)cc2)nnc1-c1cccc(C)c1. The number of aryl methyl sites for hydroxylation is 1. The molecule has 0 aliphatic rings. The summed E-state index contributed by atoms with van der Waals surface area (Å²) in [6.07, 6.45) is 0.920. The van der Waals surface area contributed by atoms with Crippen LogP contribution in [0.1, 0.15) is 24.5 Å². The molecule has 0 saturated carbocycles. The van der Waals surface area contributed by atoms with Crippen LogP contribution in [0, 0.1) is 6.92 Å². The van der Waals surface area contributed by atoms with Crippen molar-refractivity contribution in [3.63, 3.8) is 0 Å². The molecule has 0 aliphatic heterocycles. The van der Waals surface area contributed by atoms with Gasteiger partial charge in [-0.15, -0.1) is 10.2 Å². The third-order valence-electron chi connectivity index (χ3n) is 4.76. The lowest BCUT2D eigenvalue weighted by atomic mass is 10.1. The number of aromatic nitrogens is 3. The zero-order valence-corrected chi connectivity index (χ0v) is 19.1. The molecule has 1 aromatic heterocycles. The molecule has 1 amide bonds. The topological polar surface area (TPSA) is 60.2 Å². The number of carbonyl (C=O) groups excluding carboxylic acids is 1. The van der Waals surface area contributed by atoms with Gasteiger partial charge in [-0.2, -0.15) is 8.78 Å². The van der Waals surface area contributed by atoms with Crippen LogP contribution in [0.5, 0.6) is 5.75 Å². The molecular weight excluding hydrogens is 434 g/mol. The maximum Gasteiger partial charge on any atom is 0.387 e. The van der Waals surface area contributed by atoms with Crippen LogP contribution in [0.15, 0.2) is 53.7 Å². The van der Waals surface area contributed by atoms with Crippen molar-refractivity contribution in [3.05, 3.63) is 59.7 Å². The van der Waals surface area contributed by atoms with Crippen molar-refractivity contribution in [2.75, 3.05) is 12.8 Å². The normalized spacial score (nSPS) is 11.1. The summed E-state index contributed by atoms with van der Waals surface area (Å²) in [4.78, 5) is 14.2. The number of hydrogen-bond acceptors (Lipinski definition) is 5. The Kier molecular flexibility index (Phi) is 8.21. The van der Waals surface area contributed by atoms with Gasteiger partial charge in [0, 0.05) is 25.7 Å². The lowest BCUT2D eigenvalue weighted by Crippen LogP contribution is -2.27. The number of ether oxygens (including phenoxy) is 1. The maximum absolute atomic E-state index is 12.6. The average molecular weight is 461 g/mol. The van der Waals surface area contributed by atoms with E-state index < -0.39 is 6.61 Å². The lowest BCUT2D eigenvalue weighted by molar-refractivity contribution is -0.127. The van der Waals surface area contributed by atoms with Gasteiger partial charge in [0.05, 0.1) is 5.75 Å². The van der Waals surface area contributed by atoms with E-state index in [4.69, 9.17) is 0 Å². The van der Waals surface area contributed by atoms with Gasteiger partial charge in [0.2, 0.25) is 5.91 Å². The Morgan fingerprint density at radius 2 is 1.94 bits per heavy atom. The van der Waals surface area contributed by atoms with Crippen LogP contribution in [0.3, 0.4) is 0 Å². The van der Waals surface area contributed by atoms with Crippen LogP contribution in [0.4, 0.5) is 8.78 Å². The monoisotopic (exact) mass is 460 g/mol. The molecule has 6 nitrogen and oxygen atoms in total. The van der Waals surface area contributed by atoms with E-state index in [0.29, 0.717) is 11.7 Å². The molecule has 9 heteroatoms. The molecule has 170 valence electrons. The number of halogens is 2. The fourth-order valence-electron chi connectivity index (χ4n) is 3.19. The molecule has 3 aromatic rings. The number of hydrogen-bond donors (Lipinski definition) is 0. The van der Waals surface area contributed by atoms with Gasteiger partial charge in [-0.1, -0.05) is 54.6 Å². The Balaban J connectivity index is 1.62. The number of amides is 1. The largest absolute Gasteiger partial charge is 0.435 e. The summed E-state index contributed by atoms with van der Waals surface area (Å²) in [5.41, 5.74) is 2.97. The van der Waals surface area contributed by atoms with Crippen LogP contribution in [-0.2, 0) is 17.9 Å². The summed E-state index contributed by atoms with van der Waals surface area (Å²) < 4.78 is 30.9. The van der Waals surface area contributed by atoms with Crippen molar-refractivity contribution < 1.29 is 18.3 Å². The third kappa shape index (κ3) is 6.29. The molecule has 0 aliphatic carbocycles. The minimum absolute atomic E-state index is 0.0638. The molecule has 0 fully saturated rings. The predicted molar refractivity (Wildman–Crippen MR) is 121 cm³/mol. The smallest absolute Gasteiger partial charge is 0.387 e. The summed E-state index contributed by atoms with van der Waals surface area (Å²) in [5.74, 6) is 1.04. The van der Waals surface area contributed by atoms with Crippen LogP contribution in [-0.4, -0.2) is 45.0 Å². The number of rotatable bonds is 10. The summed E-state index contributed by atoms with van der Waals surface area (Å²) in [6.45, 7) is 2.39. The first kappa shape index (κ1) is 23.7. The summed E-state index contributed by atoms with van der Waals surface area (Å²) in [6, 6.07) is 14.4. The minimum Gasteiger partial charge on any atom is -0.435 e. The Labute approximate surface area is 190 Å². The Morgan fingerprint density at radius 1 is 1.19 bits per heavy atom. The van der Waals surface area contributed by atoms with Gasteiger partial charge >= 0.3 is 6.61 Å². The van der Waals surface area contributed by atoms with E-state index >= 15 is 0 Å². The summed E-state index contributed by atoms with van der Waals surface area (Å²) in [5, 5.41) is 9.39. The van der Waals surface area contributed by atoms with Crippen LogP contribution < -0.4 is 4.74 Å². The number of alkyl halides is 2. The van der Waals surface area contributed by atoms with E-state index in [-0.39, 0.29) is 17.4 Å². The molecule has 0 bridgehead atoms. The van der Waals surface area contributed by atoms with Crippen molar-refractivity contribution in [2.24, 2.45) is 0 Å². The molecule has 0 unspecified atom stereocenters. The third-order valence-corrected chi connectivity index (χ3v) is 5.71. The van der Waals surface area contributed by atoms with Gasteiger partial charge in [-0.05, 0) is 37.1 Å². The fourth-order valence-corrected chi connectivity index (χ4v) is 4.10. The highest BCUT2D eigenvalue weighted by molar-refractivity contribution is 7.99. The van der Waals surface area contributed by atoms with Gasteiger partial charge in [0.15, 0.2) is 11.0 Å². The molecule has 2 aromatic carbocycles. The van der Waals surface area contributed by atoms with Gasteiger partial charge in [0.25, 0.3) is 0 Å². The first-order valence-corrected chi connectivity index (χ1v) is 11.3. The van der Waals surface area contributed by atoms with Crippen LogP contribution in [0.25, 0.3) is 11.4 Å².